The fourth-order valence-corrected chi connectivity index (χ4v) is 3.02. The quantitative estimate of drug-likeness (QED) is 0.875. The first-order valence-electron chi connectivity index (χ1n) is 8.15. The first-order chi connectivity index (χ1) is 11.7. The summed E-state index contributed by atoms with van der Waals surface area (Å²) in [4.78, 5) is 20.7. The number of piperazine rings is 1. The van der Waals surface area contributed by atoms with Gasteiger partial charge < -0.3 is 15.1 Å². The van der Waals surface area contributed by atoms with Crippen LogP contribution in [0.1, 0.15) is 5.56 Å². The number of aromatic nitrogens is 1. The number of nitrogens with one attached hydrogen (secondary N) is 1. The van der Waals surface area contributed by atoms with Crippen LogP contribution in [0.15, 0.2) is 53.1 Å². The molecular formula is C18H21BrN4O. The highest BCUT2D eigenvalue weighted by atomic mass is 79.9. The number of nitrogens with zero attached hydrogens (tertiary/aromatic N) is 3. The number of rotatable bonds is 4. The van der Waals surface area contributed by atoms with Crippen LogP contribution in [-0.2, 0) is 6.42 Å². The van der Waals surface area contributed by atoms with Crippen LogP contribution in [0.2, 0.25) is 0 Å². The van der Waals surface area contributed by atoms with Gasteiger partial charge in [0.05, 0.1) is 0 Å². The van der Waals surface area contributed by atoms with E-state index >= 15 is 0 Å². The van der Waals surface area contributed by atoms with E-state index in [-0.39, 0.29) is 6.03 Å². The molecule has 0 aliphatic carbocycles. The maximum Gasteiger partial charge on any atom is 0.317 e. The molecule has 0 spiro atoms. The molecule has 1 fully saturated rings. The molecule has 1 aromatic carbocycles. The molecule has 126 valence electrons. The van der Waals surface area contributed by atoms with Crippen LogP contribution in [0.25, 0.3) is 0 Å². The van der Waals surface area contributed by atoms with Crippen molar-refractivity contribution in [2.24, 2.45) is 0 Å². The third-order valence-corrected chi connectivity index (χ3v) is 4.67. The average Bonchev–Trinajstić information content (AvgIpc) is 2.64. The number of hydrogen-bond donors (Lipinski definition) is 1. The molecule has 0 unspecified atom stereocenters. The van der Waals surface area contributed by atoms with E-state index in [0.29, 0.717) is 6.54 Å². The minimum Gasteiger partial charge on any atom is -0.353 e. The van der Waals surface area contributed by atoms with Crippen LogP contribution in [0.4, 0.5) is 10.6 Å². The van der Waals surface area contributed by atoms with Crippen molar-refractivity contribution in [2.45, 2.75) is 6.42 Å². The second kappa shape index (κ2) is 8.15. The van der Waals surface area contributed by atoms with E-state index in [1.54, 1.807) is 6.20 Å². The van der Waals surface area contributed by atoms with E-state index in [9.17, 15) is 4.79 Å². The summed E-state index contributed by atoms with van der Waals surface area (Å²) >= 11 is 3.43. The number of halogens is 1. The Morgan fingerprint density at radius 3 is 2.50 bits per heavy atom. The van der Waals surface area contributed by atoms with Gasteiger partial charge in [0.2, 0.25) is 0 Å². The van der Waals surface area contributed by atoms with Crippen molar-refractivity contribution < 1.29 is 4.79 Å². The van der Waals surface area contributed by atoms with Gasteiger partial charge in [0.1, 0.15) is 5.82 Å². The lowest BCUT2D eigenvalue weighted by atomic mass is 10.1. The van der Waals surface area contributed by atoms with E-state index in [0.717, 1.165) is 42.9 Å². The van der Waals surface area contributed by atoms with Gasteiger partial charge in [-0.05, 0) is 36.2 Å². The minimum absolute atomic E-state index is 0.0211. The number of carbonyl (C=O) groups excluding carboxylic acids is 1. The van der Waals surface area contributed by atoms with Gasteiger partial charge in [-0.2, -0.15) is 0 Å². The van der Waals surface area contributed by atoms with E-state index in [2.05, 4.69) is 43.3 Å². The average molecular weight is 389 g/mol. The first-order valence-corrected chi connectivity index (χ1v) is 8.95. The summed E-state index contributed by atoms with van der Waals surface area (Å²) in [6.07, 6.45) is 2.64. The van der Waals surface area contributed by atoms with Crippen LogP contribution in [-0.4, -0.2) is 48.6 Å². The molecule has 1 saturated heterocycles. The Hall–Kier alpha value is -2.08. The summed E-state index contributed by atoms with van der Waals surface area (Å²) in [5, 5.41) is 3.01. The molecule has 5 nitrogen and oxygen atoms in total. The monoisotopic (exact) mass is 388 g/mol. The standard InChI is InChI=1S/C18H21BrN4O/c19-16-6-4-15(5-7-16)8-10-21-18(24)23-13-11-22(12-14-23)17-3-1-2-9-20-17/h1-7,9H,8,10-14H2,(H,21,24). The second-order valence-corrected chi connectivity index (χ2v) is 6.69. The van der Waals surface area contributed by atoms with Crippen LogP contribution in [0.5, 0.6) is 0 Å². The Morgan fingerprint density at radius 2 is 1.83 bits per heavy atom. The number of anilines is 1. The molecule has 1 aliphatic heterocycles. The third kappa shape index (κ3) is 4.47. The Kier molecular flexibility index (Phi) is 5.69. The van der Waals surface area contributed by atoms with Crippen LogP contribution in [0, 0.1) is 0 Å². The molecule has 0 radical (unpaired) electrons. The number of amides is 2. The largest absolute Gasteiger partial charge is 0.353 e. The summed E-state index contributed by atoms with van der Waals surface area (Å²) in [5.74, 6) is 0.979. The lowest BCUT2D eigenvalue weighted by molar-refractivity contribution is 0.194. The Morgan fingerprint density at radius 1 is 1.08 bits per heavy atom. The zero-order chi connectivity index (χ0) is 16.8. The topological polar surface area (TPSA) is 48.5 Å². The number of benzene rings is 1. The van der Waals surface area contributed by atoms with Gasteiger partial charge in [0.15, 0.2) is 0 Å². The summed E-state index contributed by atoms with van der Waals surface area (Å²) < 4.78 is 1.07. The van der Waals surface area contributed by atoms with E-state index in [1.165, 1.54) is 5.56 Å². The molecule has 0 atom stereocenters. The zero-order valence-electron chi connectivity index (χ0n) is 13.5. The highest BCUT2D eigenvalue weighted by molar-refractivity contribution is 9.10. The number of urea groups is 1. The van der Waals surface area contributed by atoms with Crippen molar-refractivity contribution in [3.63, 3.8) is 0 Å². The van der Waals surface area contributed by atoms with E-state index < -0.39 is 0 Å². The van der Waals surface area contributed by atoms with Crippen LogP contribution < -0.4 is 10.2 Å². The number of carbonyl (C=O) groups is 1. The van der Waals surface area contributed by atoms with Crippen LogP contribution >= 0.6 is 15.9 Å². The highest BCUT2D eigenvalue weighted by Gasteiger charge is 2.21. The van der Waals surface area contributed by atoms with Crippen LogP contribution in [0.3, 0.4) is 0 Å². The summed E-state index contributed by atoms with van der Waals surface area (Å²) in [7, 11) is 0. The summed E-state index contributed by atoms with van der Waals surface area (Å²) in [6.45, 7) is 3.73. The predicted octanol–water partition coefficient (Wildman–Crippen LogP) is 2.92. The van der Waals surface area contributed by atoms with Crippen molar-refractivity contribution in [1.82, 2.24) is 15.2 Å². The predicted molar refractivity (Wildman–Crippen MR) is 99.3 cm³/mol. The van der Waals surface area contributed by atoms with Gasteiger partial charge in [-0.3, -0.25) is 0 Å². The zero-order valence-corrected chi connectivity index (χ0v) is 15.1. The lowest BCUT2D eigenvalue weighted by Gasteiger charge is -2.35. The molecule has 2 aromatic rings. The Balaban J connectivity index is 1.41. The maximum atomic E-state index is 12.3. The molecule has 6 heteroatoms. The molecule has 0 saturated carbocycles. The van der Waals surface area contributed by atoms with Gasteiger partial charge in [-0.25, -0.2) is 9.78 Å². The van der Waals surface area contributed by atoms with Crippen molar-refractivity contribution in [1.29, 1.82) is 0 Å². The molecule has 24 heavy (non-hydrogen) atoms. The highest BCUT2D eigenvalue weighted by Crippen LogP contribution is 2.13. The van der Waals surface area contributed by atoms with Crippen molar-refractivity contribution in [2.75, 3.05) is 37.6 Å². The second-order valence-electron chi connectivity index (χ2n) is 5.77. The molecule has 2 heterocycles. The smallest absolute Gasteiger partial charge is 0.317 e. The number of hydrogen-bond acceptors (Lipinski definition) is 3. The molecule has 1 aliphatic rings. The maximum absolute atomic E-state index is 12.3. The van der Waals surface area contributed by atoms with Gasteiger partial charge in [0, 0.05) is 43.4 Å². The van der Waals surface area contributed by atoms with Crippen molar-refractivity contribution in [3.8, 4) is 0 Å². The Labute approximate surface area is 150 Å². The molecular weight excluding hydrogens is 368 g/mol. The number of pyridine rings is 1. The molecule has 0 bridgehead atoms. The lowest BCUT2D eigenvalue weighted by Crippen LogP contribution is -2.52. The minimum atomic E-state index is 0.0211. The van der Waals surface area contributed by atoms with Gasteiger partial charge in [-0.15, -0.1) is 0 Å². The SMILES string of the molecule is O=C(NCCc1ccc(Br)cc1)N1CCN(c2ccccn2)CC1. The molecule has 3 rings (SSSR count). The fraction of sp³-hybridized carbons (Fsp3) is 0.333. The van der Waals surface area contributed by atoms with Gasteiger partial charge in [0.25, 0.3) is 0 Å². The summed E-state index contributed by atoms with van der Waals surface area (Å²) in [6, 6.07) is 14.1. The van der Waals surface area contributed by atoms with Gasteiger partial charge >= 0.3 is 6.03 Å². The van der Waals surface area contributed by atoms with Gasteiger partial charge in [-0.1, -0.05) is 34.1 Å². The van der Waals surface area contributed by atoms with E-state index in [4.69, 9.17) is 0 Å². The normalized spacial score (nSPS) is 14.5. The first kappa shape index (κ1) is 16.8. The third-order valence-electron chi connectivity index (χ3n) is 4.14. The van der Waals surface area contributed by atoms with Crippen molar-refractivity contribution in [3.05, 3.63) is 58.7 Å². The van der Waals surface area contributed by atoms with Crippen molar-refractivity contribution >= 4 is 27.8 Å². The molecule has 1 N–H and O–H groups in total. The fourth-order valence-electron chi connectivity index (χ4n) is 2.76. The van der Waals surface area contributed by atoms with E-state index in [1.807, 2.05) is 35.2 Å². The Bertz CT molecular complexity index is 654. The molecule has 2 amide bonds. The summed E-state index contributed by atoms with van der Waals surface area (Å²) in [5.41, 5.74) is 1.22. The molecule has 1 aromatic heterocycles.